The lowest BCUT2D eigenvalue weighted by atomic mass is 10.1. The summed E-state index contributed by atoms with van der Waals surface area (Å²) in [4.78, 5) is 34.5. The van der Waals surface area contributed by atoms with Crippen molar-refractivity contribution in [1.82, 2.24) is 5.32 Å². The standard InChI is InChI=1S/C19H34N2O6/c1-4-5-6-7-8-17(23)20-9-10-21(11-12-22,13-15(2)18(24)25)14-16(3)19(26)27/h4-5,15-16,22H,6-14H2,1-3H3,(H2-,20,23,24,25,26,27)/p+1/b5-4+. The van der Waals surface area contributed by atoms with Gasteiger partial charge < -0.3 is 25.1 Å². The summed E-state index contributed by atoms with van der Waals surface area (Å²) in [6, 6.07) is 0. The normalized spacial score (nSPS) is 15.9. The van der Waals surface area contributed by atoms with Gasteiger partial charge in [-0.15, -0.1) is 0 Å². The van der Waals surface area contributed by atoms with E-state index in [2.05, 4.69) is 5.32 Å². The fourth-order valence-electron chi connectivity index (χ4n) is 3.15. The van der Waals surface area contributed by atoms with Gasteiger partial charge in [0.15, 0.2) is 0 Å². The lowest BCUT2D eigenvalue weighted by Crippen LogP contribution is -2.58. The molecular formula is C19H35N2O6+. The van der Waals surface area contributed by atoms with Crippen molar-refractivity contribution in [3.8, 4) is 0 Å². The van der Waals surface area contributed by atoms with Gasteiger partial charge in [0, 0.05) is 6.42 Å². The molecule has 8 nitrogen and oxygen atoms in total. The number of aliphatic hydroxyl groups excluding tert-OH is 1. The third-order valence-electron chi connectivity index (χ3n) is 4.66. The maximum atomic E-state index is 11.9. The minimum Gasteiger partial charge on any atom is -0.481 e. The number of hydrogen-bond donors (Lipinski definition) is 4. The molecule has 0 aromatic heterocycles. The average molecular weight is 387 g/mol. The first-order valence-corrected chi connectivity index (χ1v) is 9.47. The van der Waals surface area contributed by atoms with Crippen molar-refractivity contribution in [1.29, 1.82) is 0 Å². The van der Waals surface area contributed by atoms with Crippen molar-refractivity contribution in [2.45, 2.75) is 40.0 Å². The fourth-order valence-corrected chi connectivity index (χ4v) is 3.15. The van der Waals surface area contributed by atoms with Crippen LogP contribution in [-0.4, -0.2) is 77.0 Å². The summed E-state index contributed by atoms with van der Waals surface area (Å²) in [7, 11) is 0. The van der Waals surface area contributed by atoms with E-state index in [1.165, 1.54) is 0 Å². The highest BCUT2D eigenvalue weighted by molar-refractivity contribution is 5.75. The maximum Gasteiger partial charge on any atom is 0.311 e. The van der Waals surface area contributed by atoms with Crippen molar-refractivity contribution in [3.63, 3.8) is 0 Å². The third-order valence-corrected chi connectivity index (χ3v) is 4.66. The minimum atomic E-state index is -0.966. The van der Waals surface area contributed by atoms with E-state index in [9.17, 15) is 29.7 Å². The molecule has 0 saturated heterocycles. The SMILES string of the molecule is C/C=C/CCCC(=O)NCC[N+](CCO)(CC(C)C(=O)O)CC(C)C(=O)O. The number of aliphatic carboxylic acids is 2. The molecule has 4 N–H and O–H groups in total. The number of carboxylic acid groups (broad SMARTS) is 2. The van der Waals surface area contributed by atoms with Gasteiger partial charge in [0.2, 0.25) is 5.91 Å². The number of quaternary nitrogens is 1. The second-order valence-corrected chi connectivity index (χ2v) is 7.17. The predicted octanol–water partition coefficient (Wildman–Crippen LogP) is 1.10. The molecule has 0 spiro atoms. The van der Waals surface area contributed by atoms with Crippen molar-refractivity contribution < 1.29 is 34.2 Å². The van der Waals surface area contributed by atoms with E-state index in [0.717, 1.165) is 12.8 Å². The number of carbonyl (C=O) groups is 3. The monoisotopic (exact) mass is 387 g/mol. The van der Waals surface area contributed by atoms with Crippen LogP contribution in [0.15, 0.2) is 12.2 Å². The summed E-state index contributed by atoms with van der Waals surface area (Å²) >= 11 is 0. The van der Waals surface area contributed by atoms with Crippen LogP contribution in [0, 0.1) is 11.8 Å². The van der Waals surface area contributed by atoms with E-state index in [4.69, 9.17) is 0 Å². The summed E-state index contributed by atoms with van der Waals surface area (Å²) in [5.74, 6) is -3.39. The molecule has 0 radical (unpaired) electrons. The molecule has 0 aliphatic heterocycles. The molecule has 0 saturated carbocycles. The number of hydrogen-bond acceptors (Lipinski definition) is 4. The first-order chi connectivity index (χ1) is 12.7. The second kappa shape index (κ2) is 13.3. The van der Waals surface area contributed by atoms with Crippen LogP contribution in [0.3, 0.4) is 0 Å². The number of carbonyl (C=O) groups excluding carboxylic acids is 1. The highest BCUT2D eigenvalue weighted by Crippen LogP contribution is 2.16. The van der Waals surface area contributed by atoms with Crippen LogP contribution < -0.4 is 5.32 Å². The minimum absolute atomic E-state index is 0.0841. The highest BCUT2D eigenvalue weighted by Gasteiger charge is 2.35. The smallest absolute Gasteiger partial charge is 0.311 e. The van der Waals surface area contributed by atoms with Crippen molar-refractivity contribution in [2.24, 2.45) is 11.8 Å². The van der Waals surface area contributed by atoms with Gasteiger partial charge in [-0.2, -0.15) is 0 Å². The molecule has 0 fully saturated rings. The largest absolute Gasteiger partial charge is 0.481 e. The van der Waals surface area contributed by atoms with Crippen molar-refractivity contribution >= 4 is 17.8 Å². The van der Waals surface area contributed by atoms with Gasteiger partial charge in [-0.05, 0) is 33.6 Å². The first kappa shape index (κ1) is 25.1. The third kappa shape index (κ3) is 10.7. The topological polar surface area (TPSA) is 124 Å². The zero-order valence-corrected chi connectivity index (χ0v) is 16.7. The molecule has 1 amide bonds. The molecule has 0 rings (SSSR count). The quantitative estimate of drug-likeness (QED) is 0.189. The van der Waals surface area contributed by atoms with Gasteiger partial charge in [0.1, 0.15) is 18.4 Å². The first-order valence-electron chi connectivity index (χ1n) is 9.47. The molecule has 156 valence electrons. The molecule has 0 aromatic carbocycles. The summed E-state index contributed by atoms with van der Waals surface area (Å²) in [6.45, 7) is 6.19. The number of rotatable bonds is 15. The molecular weight excluding hydrogens is 352 g/mol. The Morgan fingerprint density at radius 1 is 1.04 bits per heavy atom. The van der Waals surface area contributed by atoms with Gasteiger partial charge in [-0.1, -0.05) is 12.2 Å². The molecule has 2 unspecified atom stereocenters. The Hall–Kier alpha value is -1.93. The Labute approximate surface area is 161 Å². The lowest BCUT2D eigenvalue weighted by Gasteiger charge is -2.40. The Morgan fingerprint density at radius 3 is 2.04 bits per heavy atom. The fraction of sp³-hybridized carbons (Fsp3) is 0.737. The zero-order valence-electron chi connectivity index (χ0n) is 16.7. The summed E-state index contributed by atoms with van der Waals surface area (Å²) < 4.78 is 0.135. The van der Waals surface area contributed by atoms with E-state index < -0.39 is 23.8 Å². The van der Waals surface area contributed by atoms with Gasteiger partial charge >= 0.3 is 11.9 Å². The Bertz CT molecular complexity index is 484. The van der Waals surface area contributed by atoms with Crippen LogP contribution in [0.2, 0.25) is 0 Å². The van der Waals surface area contributed by atoms with Gasteiger partial charge in [0.05, 0.1) is 32.8 Å². The van der Waals surface area contributed by atoms with Crippen molar-refractivity contribution in [3.05, 3.63) is 12.2 Å². The molecule has 8 heteroatoms. The van der Waals surface area contributed by atoms with Crippen molar-refractivity contribution in [2.75, 3.05) is 39.3 Å². The van der Waals surface area contributed by atoms with Crippen LogP contribution >= 0.6 is 0 Å². The van der Waals surface area contributed by atoms with Gasteiger partial charge in [0.25, 0.3) is 0 Å². The highest BCUT2D eigenvalue weighted by atomic mass is 16.4. The number of allylic oxidation sites excluding steroid dienone is 2. The molecule has 0 aliphatic carbocycles. The van der Waals surface area contributed by atoms with E-state index in [0.29, 0.717) is 19.5 Å². The summed E-state index contributed by atoms with van der Waals surface area (Å²) in [6.07, 6.45) is 5.92. The van der Waals surface area contributed by atoms with Crippen LogP contribution in [0.25, 0.3) is 0 Å². The van der Waals surface area contributed by atoms with Crippen LogP contribution in [0.4, 0.5) is 0 Å². The Kier molecular flexibility index (Phi) is 12.3. The van der Waals surface area contributed by atoms with E-state index in [1.54, 1.807) is 13.8 Å². The van der Waals surface area contributed by atoms with Gasteiger partial charge in [-0.25, -0.2) is 0 Å². The Balaban J connectivity index is 4.96. The molecule has 2 atom stereocenters. The van der Waals surface area contributed by atoms with Crippen LogP contribution in [-0.2, 0) is 14.4 Å². The molecule has 0 heterocycles. The number of carboxylic acids is 2. The number of amides is 1. The maximum absolute atomic E-state index is 11.9. The Morgan fingerprint density at radius 2 is 1.59 bits per heavy atom. The van der Waals surface area contributed by atoms with E-state index >= 15 is 0 Å². The average Bonchev–Trinajstić information content (AvgIpc) is 2.58. The van der Waals surface area contributed by atoms with Crippen LogP contribution in [0.5, 0.6) is 0 Å². The number of unbranched alkanes of at least 4 members (excludes halogenated alkanes) is 1. The molecule has 27 heavy (non-hydrogen) atoms. The molecule has 0 bridgehead atoms. The molecule has 0 aliphatic rings. The lowest BCUT2D eigenvalue weighted by molar-refractivity contribution is -0.931. The van der Waals surface area contributed by atoms with E-state index in [-0.39, 0.29) is 36.6 Å². The summed E-state index contributed by atoms with van der Waals surface area (Å²) in [5, 5.41) is 30.8. The molecule has 0 aromatic rings. The van der Waals surface area contributed by atoms with Crippen LogP contribution in [0.1, 0.15) is 40.0 Å². The van der Waals surface area contributed by atoms with E-state index in [1.807, 2.05) is 19.1 Å². The number of nitrogens with one attached hydrogen (secondary N) is 1. The number of nitrogens with zero attached hydrogens (tertiary/aromatic N) is 1. The van der Waals surface area contributed by atoms with Gasteiger partial charge in [-0.3, -0.25) is 14.4 Å². The second-order valence-electron chi connectivity index (χ2n) is 7.17. The zero-order chi connectivity index (χ0) is 20.9. The number of aliphatic hydroxyl groups is 1. The summed E-state index contributed by atoms with van der Waals surface area (Å²) in [5.41, 5.74) is 0. The predicted molar refractivity (Wildman–Crippen MR) is 102 cm³/mol.